The van der Waals surface area contributed by atoms with Crippen LogP contribution in [0.15, 0.2) is 0 Å². The quantitative estimate of drug-likeness (QED) is 0.658. The molecule has 0 aromatic rings. The van der Waals surface area contributed by atoms with Gasteiger partial charge in [0.1, 0.15) is 0 Å². The highest BCUT2D eigenvalue weighted by molar-refractivity contribution is 4.86. The first kappa shape index (κ1) is 9.47. The van der Waals surface area contributed by atoms with Crippen LogP contribution in [0.1, 0.15) is 26.2 Å². The Bertz CT molecular complexity index is 169. The Balaban J connectivity index is 1.85. The molecular formula is C11H22N2. The summed E-state index contributed by atoms with van der Waals surface area (Å²) in [6.45, 7) is 6.22. The van der Waals surface area contributed by atoms with E-state index in [1.165, 1.54) is 38.9 Å². The molecule has 2 rings (SSSR count). The molecular weight excluding hydrogens is 160 g/mol. The lowest BCUT2D eigenvalue weighted by Crippen LogP contribution is -2.36. The summed E-state index contributed by atoms with van der Waals surface area (Å²) in [5, 5.41) is 3.56. The predicted molar refractivity (Wildman–Crippen MR) is 55.8 cm³/mol. The molecule has 3 unspecified atom stereocenters. The zero-order chi connectivity index (χ0) is 9.26. The van der Waals surface area contributed by atoms with Crippen LogP contribution in [0, 0.1) is 11.8 Å². The lowest BCUT2D eigenvalue weighted by molar-refractivity contribution is 0.165. The van der Waals surface area contributed by atoms with Crippen LogP contribution in [-0.4, -0.2) is 37.6 Å². The number of hydrogen-bond acceptors (Lipinski definition) is 2. The molecule has 0 aromatic heterocycles. The first-order valence-electron chi connectivity index (χ1n) is 5.67. The molecule has 0 radical (unpaired) electrons. The minimum absolute atomic E-state index is 0.761. The van der Waals surface area contributed by atoms with E-state index in [0.717, 1.165) is 17.9 Å². The third kappa shape index (κ3) is 2.23. The molecule has 0 aromatic carbocycles. The molecule has 76 valence electrons. The Morgan fingerprint density at radius 1 is 1.31 bits per heavy atom. The van der Waals surface area contributed by atoms with Crippen molar-refractivity contribution in [3.05, 3.63) is 0 Å². The van der Waals surface area contributed by atoms with Crippen molar-refractivity contribution < 1.29 is 0 Å². The maximum absolute atomic E-state index is 3.56. The van der Waals surface area contributed by atoms with Gasteiger partial charge in [0.25, 0.3) is 0 Å². The van der Waals surface area contributed by atoms with Gasteiger partial charge in [0.05, 0.1) is 0 Å². The summed E-state index contributed by atoms with van der Waals surface area (Å²) in [5.74, 6) is 1.92. The molecule has 2 heterocycles. The summed E-state index contributed by atoms with van der Waals surface area (Å²) in [4.78, 5) is 2.50. The first-order valence-corrected chi connectivity index (χ1v) is 5.67. The average molecular weight is 182 g/mol. The minimum Gasteiger partial charge on any atom is -0.314 e. The van der Waals surface area contributed by atoms with Gasteiger partial charge in [-0.15, -0.1) is 0 Å². The molecule has 1 N–H and O–H groups in total. The smallest absolute Gasteiger partial charge is 0.00420 e. The second-order valence-electron chi connectivity index (χ2n) is 4.97. The fourth-order valence-electron chi connectivity index (χ4n) is 2.92. The molecule has 2 aliphatic heterocycles. The topological polar surface area (TPSA) is 15.3 Å². The van der Waals surface area contributed by atoms with Gasteiger partial charge in [-0.25, -0.2) is 0 Å². The fourth-order valence-corrected chi connectivity index (χ4v) is 2.92. The van der Waals surface area contributed by atoms with Crippen LogP contribution in [-0.2, 0) is 0 Å². The Labute approximate surface area is 81.7 Å². The average Bonchev–Trinajstić information content (AvgIpc) is 2.52. The van der Waals surface area contributed by atoms with E-state index in [2.05, 4.69) is 24.2 Å². The van der Waals surface area contributed by atoms with E-state index in [-0.39, 0.29) is 0 Å². The van der Waals surface area contributed by atoms with E-state index in [0.29, 0.717) is 0 Å². The molecule has 0 bridgehead atoms. The van der Waals surface area contributed by atoms with Gasteiger partial charge >= 0.3 is 0 Å². The van der Waals surface area contributed by atoms with Gasteiger partial charge in [0, 0.05) is 12.6 Å². The second kappa shape index (κ2) is 3.97. The largest absolute Gasteiger partial charge is 0.314 e. The molecule has 2 saturated heterocycles. The summed E-state index contributed by atoms with van der Waals surface area (Å²) in [7, 11) is 2.26. The van der Waals surface area contributed by atoms with Gasteiger partial charge in [0.15, 0.2) is 0 Å². The van der Waals surface area contributed by atoms with Crippen LogP contribution < -0.4 is 5.32 Å². The highest BCUT2D eigenvalue weighted by Gasteiger charge is 2.30. The highest BCUT2D eigenvalue weighted by Crippen LogP contribution is 2.29. The summed E-state index contributed by atoms with van der Waals surface area (Å²) >= 11 is 0. The minimum atomic E-state index is 0.761. The third-order valence-electron chi connectivity index (χ3n) is 3.71. The van der Waals surface area contributed by atoms with Gasteiger partial charge in [-0.2, -0.15) is 0 Å². The van der Waals surface area contributed by atoms with E-state index in [9.17, 15) is 0 Å². The number of likely N-dealkylation sites (tertiary alicyclic amines) is 1. The van der Waals surface area contributed by atoms with E-state index < -0.39 is 0 Å². The SMILES string of the molecule is CC1CC(C2CCCN(C)C2)CN1. The van der Waals surface area contributed by atoms with Gasteiger partial charge in [-0.1, -0.05) is 0 Å². The van der Waals surface area contributed by atoms with Crippen LogP contribution in [0.3, 0.4) is 0 Å². The van der Waals surface area contributed by atoms with Crippen molar-refractivity contribution in [2.75, 3.05) is 26.7 Å². The van der Waals surface area contributed by atoms with Crippen LogP contribution in [0.2, 0.25) is 0 Å². The summed E-state index contributed by atoms with van der Waals surface area (Å²) < 4.78 is 0. The van der Waals surface area contributed by atoms with E-state index >= 15 is 0 Å². The van der Waals surface area contributed by atoms with Crippen molar-refractivity contribution in [2.24, 2.45) is 11.8 Å². The Morgan fingerprint density at radius 2 is 2.15 bits per heavy atom. The van der Waals surface area contributed by atoms with Crippen LogP contribution in [0.5, 0.6) is 0 Å². The number of nitrogens with one attached hydrogen (secondary N) is 1. The maximum atomic E-state index is 3.56. The first-order chi connectivity index (χ1) is 6.25. The third-order valence-corrected chi connectivity index (χ3v) is 3.71. The number of piperidine rings is 1. The molecule has 0 aliphatic carbocycles. The van der Waals surface area contributed by atoms with Crippen molar-refractivity contribution >= 4 is 0 Å². The molecule has 2 aliphatic rings. The van der Waals surface area contributed by atoms with Gasteiger partial charge < -0.3 is 10.2 Å². The highest BCUT2D eigenvalue weighted by atomic mass is 15.1. The Hall–Kier alpha value is -0.0800. The van der Waals surface area contributed by atoms with E-state index in [1.807, 2.05) is 0 Å². The van der Waals surface area contributed by atoms with E-state index in [1.54, 1.807) is 0 Å². The van der Waals surface area contributed by atoms with Gasteiger partial charge in [-0.3, -0.25) is 0 Å². The predicted octanol–water partition coefficient (Wildman–Crippen LogP) is 1.33. The lowest BCUT2D eigenvalue weighted by Gasteiger charge is -2.33. The lowest BCUT2D eigenvalue weighted by atomic mass is 9.84. The zero-order valence-corrected chi connectivity index (χ0v) is 8.92. The molecule has 2 heteroatoms. The monoisotopic (exact) mass is 182 g/mol. The second-order valence-corrected chi connectivity index (χ2v) is 4.97. The molecule has 0 saturated carbocycles. The fraction of sp³-hybridized carbons (Fsp3) is 1.00. The van der Waals surface area contributed by atoms with Crippen molar-refractivity contribution in [2.45, 2.75) is 32.2 Å². The molecule has 13 heavy (non-hydrogen) atoms. The molecule has 2 nitrogen and oxygen atoms in total. The molecule has 0 amide bonds. The van der Waals surface area contributed by atoms with Crippen molar-refractivity contribution in [3.63, 3.8) is 0 Å². The van der Waals surface area contributed by atoms with Gasteiger partial charge in [-0.05, 0) is 58.2 Å². The summed E-state index contributed by atoms with van der Waals surface area (Å²) in [6, 6.07) is 0.761. The number of hydrogen-bond donors (Lipinski definition) is 1. The molecule has 3 atom stereocenters. The van der Waals surface area contributed by atoms with Crippen LogP contribution >= 0.6 is 0 Å². The summed E-state index contributed by atoms with van der Waals surface area (Å²) in [5.41, 5.74) is 0. The molecule has 0 spiro atoms. The molecule has 2 fully saturated rings. The zero-order valence-electron chi connectivity index (χ0n) is 8.92. The van der Waals surface area contributed by atoms with Crippen molar-refractivity contribution in [3.8, 4) is 0 Å². The van der Waals surface area contributed by atoms with Crippen molar-refractivity contribution in [1.29, 1.82) is 0 Å². The maximum Gasteiger partial charge on any atom is 0.00420 e. The standard InChI is InChI=1S/C11H22N2/c1-9-6-11(7-12-9)10-4-3-5-13(2)8-10/h9-12H,3-8H2,1-2H3. The number of rotatable bonds is 1. The number of nitrogens with zero attached hydrogens (tertiary/aromatic N) is 1. The van der Waals surface area contributed by atoms with Crippen molar-refractivity contribution in [1.82, 2.24) is 10.2 Å². The van der Waals surface area contributed by atoms with E-state index in [4.69, 9.17) is 0 Å². The summed E-state index contributed by atoms with van der Waals surface area (Å²) in [6.07, 6.45) is 4.27. The van der Waals surface area contributed by atoms with Gasteiger partial charge in [0.2, 0.25) is 0 Å². The van der Waals surface area contributed by atoms with Crippen LogP contribution in [0.4, 0.5) is 0 Å². The normalized spacial score (nSPS) is 42.5. The Kier molecular flexibility index (Phi) is 2.89. The van der Waals surface area contributed by atoms with Crippen LogP contribution in [0.25, 0.3) is 0 Å². The Morgan fingerprint density at radius 3 is 2.77 bits per heavy atom.